The Kier molecular flexibility index (Phi) is 3.85. The third-order valence-corrected chi connectivity index (χ3v) is 1.70. The fraction of sp³-hybridized carbons (Fsp3) is 0.273. The summed E-state index contributed by atoms with van der Waals surface area (Å²) in [6, 6.07) is 6.38. The largest absolute Gasteiger partial charge is 0.513 e. The summed E-state index contributed by atoms with van der Waals surface area (Å²) >= 11 is 0. The molecule has 0 heterocycles. The van der Waals surface area contributed by atoms with E-state index in [9.17, 15) is 9.59 Å². The molecule has 1 aromatic carbocycles. The summed E-state index contributed by atoms with van der Waals surface area (Å²) in [5, 5.41) is 0. The molecule has 0 N–H and O–H groups in total. The van der Waals surface area contributed by atoms with Crippen molar-refractivity contribution in [2.45, 2.75) is 13.8 Å². The molecule has 0 atom stereocenters. The normalized spacial score (nSPS) is 9.47. The molecule has 1 rings (SSSR count). The molecule has 0 aromatic heterocycles. The number of carbonyl (C=O) groups excluding carboxylic acids is 2. The molecule has 0 unspecified atom stereocenters. The number of rotatable bonds is 3. The smallest absolute Gasteiger partial charge is 0.434 e. The third kappa shape index (κ3) is 3.42. The van der Waals surface area contributed by atoms with Crippen LogP contribution in [0.1, 0.15) is 24.2 Å². The maximum Gasteiger partial charge on any atom is 0.513 e. The van der Waals surface area contributed by atoms with Crippen LogP contribution in [-0.2, 0) is 4.74 Å². The average Bonchev–Trinajstić information content (AvgIpc) is 2.18. The van der Waals surface area contributed by atoms with Crippen molar-refractivity contribution in [3.05, 3.63) is 29.8 Å². The fourth-order valence-electron chi connectivity index (χ4n) is 1.02. The monoisotopic (exact) mass is 208 g/mol. The van der Waals surface area contributed by atoms with Gasteiger partial charge in [0, 0.05) is 5.56 Å². The summed E-state index contributed by atoms with van der Waals surface area (Å²) in [6.07, 6.45) is -0.766. The van der Waals surface area contributed by atoms with Crippen molar-refractivity contribution in [2.24, 2.45) is 0 Å². The van der Waals surface area contributed by atoms with Crippen LogP contribution in [0, 0.1) is 0 Å². The first-order valence-electron chi connectivity index (χ1n) is 4.59. The van der Waals surface area contributed by atoms with Gasteiger partial charge in [-0.3, -0.25) is 4.79 Å². The van der Waals surface area contributed by atoms with Gasteiger partial charge in [0.1, 0.15) is 5.75 Å². The van der Waals surface area contributed by atoms with Crippen molar-refractivity contribution >= 4 is 11.9 Å². The van der Waals surface area contributed by atoms with E-state index in [4.69, 9.17) is 4.74 Å². The average molecular weight is 208 g/mol. The zero-order chi connectivity index (χ0) is 11.3. The number of ether oxygens (including phenoxy) is 2. The number of Topliss-reactive ketones (excluding diaryl/α,β-unsaturated/α-hetero) is 1. The summed E-state index contributed by atoms with van der Waals surface area (Å²) < 4.78 is 9.43. The van der Waals surface area contributed by atoms with Crippen LogP contribution in [0.2, 0.25) is 0 Å². The molecule has 0 fully saturated rings. The van der Waals surface area contributed by atoms with Gasteiger partial charge in [-0.1, -0.05) is 12.1 Å². The van der Waals surface area contributed by atoms with Gasteiger partial charge < -0.3 is 9.47 Å². The van der Waals surface area contributed by atoms with E-state index in [-0.39, 0.29) is 12.4 Å². The zero-order valence-corrected chi connectivity index (χ0v) is 8.65. The van der Waals surface area contributed by atoms with Gasteiger partial charge in [-0.15, -0.1) is 0 Å². The molecule has 0 bridgehead atoms. The molecule has 0 aliphatic carbocycles. The molecule has 80 valence electrons. The van der Waals surface area contributed by atoms with Crippen molar-refractivity contribution in [3.8, 4) is 5.75 Å². The summed E-state index contributed by atoms with van der Waals surface area (Å²) in [5.41, 5.74) is 0.497. The van der Waals surface area contributed by atoms with Crippen LogP contribution in [0.5, 0.6) is 5.75 Å². The highest BCUT2D eigenvalue weighted by Gasteiger charge is 2.06. The lowest BCUT2D eigenvalue weighted by Gasteiger charge is -2.04. The van der Waals surface area contributed by atoms with E-state index in [0.29, 0.717) is 11.3 Å². The maximum atomic E-state index is 11.0. The Bertz CT molecular complexity index is 371. The number of hydrogen-bond donors (Lipinski definition) is 0. The number of carbonyl (C=O) groups is 2. The minimum absolute atomic E-state index is 0.0793. The van der Waals surface area contributed by atoms with E-state index in [2.05, 4.69) is 4.74 Å². The minimum atomic E-state index is -0.766. The van der Waals surface area contributed by atoms with Crippen LogP contribution in [0.15, 0.2) is 24.3 Å². The Morgan fingerprint density at radius 1 is 1.33 bits per heavy atom. The lowest BCUT2D eigenvalue weighted by molar-refractivity contribution is 0.100. The van der Waals surface area contributed by atoms with E-state index in [0.717, 1.165) is 0 Å². The second kappa shape index (κ2) is 5.14. The second-order valence-corrected chi connectivity index (χ2v) is 2.87. The number of hydrogen-bond acceptors (Lipinski definition) is 4. The highest BCUT2D eigenvalue weighted by molar-refractivity contribution is 5.94. The zero-order valence-electron chi connectivity index (χ0n) is 8.65. The number of ketones is 1. The van der Waals surface area contributed by atoms with E-state index in [1.807, 2.05) is 0 Å². The first-order chi connectivity index (χ1) is 7.13. The Labute approximate surface area is 87.8 Å². The van der Waals surface area contributed by atoms with Crippen LogP contribution in [0.4, 0.5) is 4.79 Å². The third-order valence-electron chi connectivity index (χ3n) is 1.70. The quantitative estimate of drug-likeness (QED) is 0.435. The molecule has 0 aliphatic heterocycles. The van der Waals surface area contributed by atoms with Crippen LogP contribution in [0.3, 0.4) is 0 Å². The molecule has 1 aromatic rings. The molecule has 0 amide bonds. The Morgan fingerprint density at radius 2 is 2.07 bits per heavy atom. The van der Waals surface area contributed by atoms with Crippen LogP contribution in [-0.4, -0.2) is 18.5 Å². The molecule has 0 aliphatic rings. The lowest BCUT2D eigenvalue weighted by Crippen LogP contribution is -2.10. The van der Waals surface area contributed by atoms with E-state index in [1.165, 1.54) is 13.0 Å². The molecule has 0 spiro atoms. The Hall–Kier alpha value is -1.84. The van der Waals surface area contributed by atoms with Crippen molar-refractivity contribution in [3.63, 3.8) is 0 Å². The Morgan fingerprint density at radius 3 is 2.67 bits per heavy atom. The predicted octanol–water partition coefficient (Wildman–Crippen LogP) is 2.42. The molecular formula is C11H12O4. The standard InChI is InChI=1S/C11H12O4/c1-3-14-11(13)15-10-6-4-5-9(7-10)8(2)12/h4-7H,3H2,1-2H3. The molecule has 0 saturated carbocycles. The topological polar surface area (TPSA) is 52.6 Å². The van der Waals surface area contributed by atoms with Gasteiger partial charge in [0.05, 0.1) is 6.61 Å². The molecule has 4 heteroatoms. The fourth-order valence-corrected chi connectivity index (χ4v) is 1.02. The SMILES string of the molecule is CCOC(=O)Oc1cccc(C(C)=O)c1. The van der Waals surface area contributed by atoms with Crippen LogP contribution in [0.25, 0.3) is 0 Å². The minimum Gasteiger partial charge on any atom is -0.434 e. The first-order valence-corrected chi connectivity index (χ1v) is 4.59. The van der Waals surface area contributed by atoms with Gasteiger partial charge in [0.2, 0.25) is 0 Å². The van der Waals surface area contributed by atoms with E-state index >= 15 is 0 Å². The van der Waals surface area contributed by atoms with Gasteiger partial charge in [-0.2, -0.15) is 0 Å². The van der Waals surface area contributed by atoms with E-state index < -0.39 is 6.16 Å². The first kappa shape index (κ1) is 11.2. The summed E-state index contributed by atoms with van der Waals surface area (Å²) in [7, 11) is 0. The van der Waals surface area contributed by atoms with Crippen molar-refractivity contribution in [1.29, 1.82) is 0 Å². The van der Waals surface area contributed by atoms with Gasteiger partial charge in [0.25, 0.3) is 0 Å². The van der Waals surface area contributed by atoms with Gasteiger partial charge in [-0.25, -0.2) is 4.79 Å². The summed E-state index contributed by atoms with van der Waals surface area (Å²) in [4.78, 5) is 22.0. The van der Waals surface area contributed by atoms with Crippen molar-refractivity contribution in [2.75, 3.05) is 6.61 Å². The highest BCUT2D eigenvalue weighted by atomic mass is 16.7. The van der Waals surface area contributed by atoms with Gasteiger partial charge >= 0.3 is 6.16 Å². The van der Waals surface area contributed by atoms with E-state index in [1.54, 1.807) is 25.1 Å². The Balaban J connectivity index is 2.73. The van der Waals surface area contributed by atoms with Crippen molar-refractivity contribution in [1.82, 2.24) is 0 Å². The molecule has 0 saturated heterocycles. The molecule has 0 radical (unpaired) electrons. The number of benzene rings is 1. The second-order valence-electron chi connectivity index (χ2n) is 2.87. The maximum absolute atomic E-state index is 11.0. The van der Waals surface area contributed by atoms with Gasteiger partial charge in [-0.05, 0) is 26.0 Å². The summed E-state index contributed by atoms with van der Waals surface area (Å²) in [5.74, 6) is 0.227. The molecule has 15 heavy (non-hydrogen) atoms. The predicted molar refractivity (Wildman–Crippen MR) is 54.1 cm³/mol. The van der Waals surface area contributed by atoms with Crippen LogP contribution >= 0.6 is 0 Å². The highest BCUT2D eigenvalue weighted by Crippen LogP contribution is 2.14. The van der Waals surface area contributed by atoms with Gasteiger partial charge in [0.15, 0.2) is 5.78 Å². The van der Waals surface area contributed by atoms with Crippen molar-refractivity contribution < 1.29 is 19.1 Å². The molecule has 4 nitrogen and oxygen atoms in total. The summed E-state index contributed by atoms with van der Waals surface area (Å²) in [6.45, 7) is 3.39. The lowest BCUT2D eigenvalue weighted by atomic mass is 10.1. The molecular weight excluding hydrogens is 196 g/mol. The van der Waals surface area contributed by atoms with Crippen LogP contribution < -0.4 is 4.74 Å².